The van der Waals surface area contributed by atoms with E-state index in [1.54, 1.807) is 0 Å². The standard InChI is InChI=1S/C16H17BrO2/c1-2-10-8-16(6-5-14(10)18)9-11-3-4-12(17)7-13(11)15(16)19/h3-4,7,10H,2,5-6,8-9H2,1H3/t10-,16-/m1/s1. The lowest BCUT2D eigenvalue weighted by atomic mass is 9.66. The quantitative estimate of drug-likeness (QED) is 0.785. The van der Waals surface area contributed by atoms with Crippen molar-refractivity contribution in [2.75, 3.05) is 0 Å². The average Bonchev–Trinajstić information content (AvgIpc) is 2.67. The Kier molecular flexibility index (Phi) is 3.12. The number of carbonyl (C=O) groups excluding carboxylic acids is 2. The molecule has 0 unspecified atom stereocenters. The van der Waals surface area contributed by atoms with Gasteiger partial charge in [0.15, 0.2) is 5.78 Å². The smallest absolute Gasteiger partial charge is 0.169 e. The summed E-state index contributed by atoms with van der Waals surface area (Å²) in [5.41, 5.74) is 1.72. The molecule has 0 radical (unpaired) electrons. The average molecular weight is 321 g/mol. The zero-order valence-corrected chi connectivity index (χ0v) is 12.6. The van der Waals surface area contributed by atoms with Crippen LogP contribution in [0.15, 0.2) is 22.7 Å². The van der Waals surface area contributed by atoms with Crippen molar-refractivity contribution in [1.82, 2.24) is 0 Å². The Morgan fingerprint density at radius 2 is 2.16 bits per heavy atom. The third-order valence-electron chi connectivity index (χ3n) is 4.76. The maximum Gasteiger partial charge on any atom is 0.169 e. The van der Waals surface area contributed by atoms with E-state index in [1.807, 2.05) is 25.1 Å². The Morgan fingerprint density at radius 1 is 1.37 bits per heavy atom. The van der Waals surface area contributed by atoms with Gasteiger partial charge in [0, 0.05) is 27.8 Å². The number of benzene rings is 1. The van der Waals surface area contributed by atoms with E-state index in [0.717, 1.165) is 41.3 Å². The van der Waals surface area contributed by atoms with E-state index in [1.165, 1.54) is 0 Å². The lowest BCUT2D eigenvalue weighted by molar-refractivity contribution is -0.126. The van der Waals surface area contributed by atoms with E-state index >= 15 is 0 Å². The molecule has 100 valence electrons. The Labute approximate surface area is 121 Å². The number of Topliss-reactive ketones (excluding diaryl/α,β-unsaturated/α-hetero) is 2. The normalized spacial score (nSPS) is 29.9. The number of hydrogen-bond acceptors (Lipinski definition) is 2. The van der Waals surface area contributed by atoms with Gasteiger partial charge >= 0.3 is 0 Å². The molecule has 1 aromatic rings. The summed E-state index contributed by atoms with van der Waals surface area (Å²) in [6.07, 6.45) is 3.71. The molecule has 0 amide bonds. The number of rotatable bonds is 1. The van der Waals surface area contributed by atoms with Crippen LogP contribution < -0.4 is 0 Å². The summed E-state index contributed by atoms with van der Waals surface area (Å²) in [6.45, 7) is 2.05. The van der Waals surface area contributed by atoms with Crippen molar-refractivity contribution in [1.29, 1.82) is 0 Å². The van der Waals surface area contributed by atoms with Crippen LogP contribution in [0.5, 0.6) is 0 Å². The first-order valence-electron chi connectivity index (χ1n) is 6.92. The van der Waals surface area contributed by atoms with Gasteiger partial charge in [-0.2, -0.15) is 0 Å². The van der Waals surface area contributed by atoms with E-state index in [4.69, 9.17) is 0 Å². The highest BCUT2D eigenvalue weighted by molar-refractivity contribution is 9.10. The predicted octanol–water partition coefficient (Wildman–Crippen LogP) is 3.95. The maximum atomic E-state index is 12.8. The van der Waals surface area contributed by atoms with Crippen LogP contribution in [0, 0.1) is 11.3 Å². The first-order valence-corrected chi connectivity index (χ1v) is 7.71. The molecular weight excluding hydrogens is 304 g/mol. The molecule has 1 fully saturated rings. The van der Waals surface area contributed by atoms with Crippen LogP contribution in [0.1, 0.15) is 48.5 Å². The van der Waals surface area contributed by atoms with Gasteiger partial charge in [0.05, 0.1) is 0 Å². The molecule has 1 saturated carbocycles. The molecular formula is C16H17BrO2. The fraction of sp³-hybridized carbons (Fsp3) is 0.500. The molecule has 2 atom stereocenters. The molecule has 0 N–H and O–H groups in total. The second kappa shape index (κ2) is 4.55. The summed E-state index contributed by atoms with van der Waals surface area (Å²) in [7, 11) is 0. The van der Waals surface area contributed by atoms with Crippen molar-refractivity contribution in [3.63, 3.8) is 0 Å². The summed E-state index contributed by atoms with van der Waals surface area (Å²) in [5.74, 6) is 0.684. The van der Waals surface area contributed by atoms with Gasteiger partial charge in [-0.05, 0) is 43.4 Å². The van der Waals surface area contributed by atoms with Gasteiger partial charge in [-0.3, -0.25) is 9.59 Å². The van der Waals surface area contributed by atoms with E-state index in [-0.39, 0.29) is 17.1 Å². The minimum Gasteiger partial charge on any atom is -0.299 e. The van der Waals surface area contributed by atoms with Crippen LogP contribution in [0.25, 0.3) is 0 Å². The van der Waals surface area contributed by atoms with Crippen molar-refractivity contribution in [3.05, 3.63) is 33.8 Å². The van der Waals surface area contributed by atoms with Gasteiger partial charge in [0.25, 0.3) is 0 Å². The minimum atomic E-state index is -0.294. The highest BCUT2D eigenvalue weighted by atomic mass is 79.9. The molecule has 1 spiro atoms. The molecule has 0 aliphatic heterocycles. The molecule has 19 heavy (non-hydrogen) atoms. The Morgan fingerprint density at radius 3 is 2.89 bits per heavy atom. The summed E-state index contributed by atoms with van der Waals surface area (Å²) >= 11 is 3.43. The first kappa shape index (κ1) is 13.0. The van der Waals surface area contributed by atoms with Crippen molar-refractivity contribution in [2.24, 2.45) is 11.3 Å². The summed E-state index contributed by atoms with van der Waals surface area (Å²) in [6, 6.07) is 5.98. The van der Waals surface area contributed by atoms with E-state index in [9.17, 15) is 9.59 Å². The molecule has 0 heterocycles. The third-order valence-corrected chi connectivity index (χ3v) is 5.26. The zero-order valence-electron chi connectivity index (χ0n) is 11.0. The number of fused-ring (bicyclic) bond motifs is 1. The van der Waals surface area contributed by atoms with E-state index in [0.29, 0.717) is 12.2 Å². The van der Waals surface area contributed by atoms with Gasteiger partial charge in [-0.15, -0.1) is 0 Å². The monoisotopic (exact) mass is 320 g/mol. The molecule has 0 bridgehead atoms. The number of hydrogen-bond donors (Lipinski definition) is 0. The van der Waals surface area contributed by atoms with Crippen molar-refractivity contribution in [3.8, 4) is 0 Å². The van der Waals surface area contributed by atoms with E-state index in [2.05, 4.69) is 15.9 Å². The van der Waals surface area contributed by atoms with Crippen LogP contribution in [-0.2, 0) is 11.2 Å². The Hall–Kier alpha value is -0.960. The fourth-order valence-corrected chi connectivity index (χ4v) is 4.00. The van der Waals surface area contributed by atoms with Gasteiger partial charge < -0.3 is 0 Å². The minimum absolute atomic E-state index is 0.0791. The molecule has 0 saturated heterocycles. The van der Waals surface area contributed by atoms with Gasteiger partial charge in [0.1, 0.15) is 5.78 Å². The highest BCUT2D eigenvalue weighted by Crippen LogP contribution is 2.48. The Bertz CT molecular complexity index is 564. The molecule has 0 aromatic heterocycles. The van der Waals surface area contributed by atoms with Crippen molar-refractivity contribution < 1.29 is 9.59 Å². The maximum absolute atomic E-state index is 12.8. The highest BCUT2D eigenvalue weighted by Gasteiger charge is 2.49. The summed E-state index contributed by atoms with van der Waals surface area (Å²) < 4.78 is 0.954. The summed E-state index contributed by atoms with van der Waals surface area (Å²) in [4.78, 5) is 24.6. The second-order valence-electron chi connectivity index (χ2n) is 5.86. The number of halogens is 1. The van der Waals surface area contributed by atoms with Crippen LogP contribution in [0.4, 0.5) is 0 Å². The number of carbonyl (C=O) groups is 2. The Balaban J connectivity index is 1.96. The fourth-order valence-electron chi connectivity index (χ4n) is 3.64. The molecule has 2 nitrogen and oxygen atoms in total. The van der Waals surface area contributed by atoms with Crippen molar-refractivity contribution in [2.45, 2.75) is 39.0 Å². The topological polar surface area (TPSA) is 34.1 Å². The third kappa shape index (κ3) is 1.99. The molecule has 3 heteroatoms. The molecule has 3 rings (SSSR count). The van der Waals surface area contributed by atoms with Crippen LogP contribution in [-0.4, -0.2) is 11.6 Å². The van der Waals surface area contributed by atoms with Crippen LogP contribution >= 0.6 is 15.9 Å². The van der Waals surface area contributed by atoms with Crippen molar-refractivity contribution >= 4 is 27.5 Å². The van der Waals surface area contributed by atoms with Crippen LogP contribution in [0.2, 0.25) is 0 Å². The largest absolute Gasteiger partial charge is 0.299 e. The molecule has 2 aliphatic rings. The summed E-state index contributed by atoms with van der Waals surface area (Å²) in [5, 5.41) is 0. The SMILES string of the molecule is CC[C@@H]1C[C@]2(CCC1=O)Cc1ccc(Br)cc1C2=O. The zero-order chi connectivity index (χ0) is 13.6. The molecule has 1 aromatic carbocycles. The first-order chi connectivity index (χ1) is 9.05. The number of ketones is 2. The van der Waals surface area contributed by atoms with Gasteiger partial charge in [-0.25, -0.2) is 0 Å². The van der Waals surface area contributed by atoms with Gasteiger partial charge in [0.2, 0.25) is 0 Å². The van der Waals surface area contributed by atoms with E-state index < -0.39 is 0 Å². The van der Waals surface area contributed by atoms with Gasteiger partial charge in [-0.1, -0.05) is 28.9 Å². The lowest BCUT2D eigenvalue weighted by Gasteiger charge is -2.35. The predicted molar refractivity (Wildman–Crippen MR) is 77.2 cm³/mol. The lowest BCUT2D eigenvalue weighted by Crippen LogP contribution is -2.38. The van der Waals surface area contributed by atoms with Crippen LogP contribution in [0.3, 0.4) is 0 Å². The molecule has 2 aliphatic carbocycles. The second-order valence-corrected chi connectivity index (χ2v) is 6.78.